The fourth-order valence-corrected chi connectivity index (χ4v) is 3.13. The smallest absolute Gasteiger partial charge is 0.00928 e. The van der Waals surface area contributed by atoms with E-state index in [0.717, 1.165) is 12.6 Å². The third-order valence-corrected chi connectivity index (χ3v) is 4.39. The van der Waals surface area contributed by atoms with Gasteiger partial charge in [0.15, 0.2) is 0 Å². The summed E-state index contributed by atoms with van der Waals surface area (Å²) >= 11 is 0. The molecule has 1 saturated heterocycles. The summed E-state index contributed by atoms with van der Waals surface area (Å²) < 4.78 is 0. The number of hydrogen-bond donors (Lipinski definition) is 1. The number of likely N-dealkylation sites (tertiary alicyclic amines) is 1. The average Bonchev–Trinajstić information content (AvgIpc) is 2.99. The van der Waals surface area contributed by atoms with E-state index in [2.05, 4.69) is 11.8 Å². The van der Waals surface area contributed by atoms with Gasteiger partial charge in [-0.25, -0.2) is 0 Å². The van der Waals surface area contributed by atoms with E-state index >= 15 is 0 Å². The van der Waals surface area contributed by atoms with Crippen LogP contribution in [-0.4, -0.2) is 30.6 Å². The fourth-order valence-electron chi connectivity index (χ4n) is 3.13. The van der Waals surface area contributed by atoms with Crippen LogP contribution in [0.4, 0.5) is 0 Å². The monoisotopic (exact) mass is 210 g/mol. The zero-order valence-corrected chi connectivity index (χ0v) is 10.2. The summed E-state index contributed by atoms with van der Waals surface area (Å²) in [5.74, 6) is 0. The molecule has 15 heavy (non-hydrogen) atoms. The van der Waals surface area contributed by atoms with Gasteiger partial charge in [0, 0.05) is 12.6 Å². The van der Waals surface area contributed by atoms with Crippen molar-refractivity contribution in [2.45, 2.75) is 57.9 Å². The Labute approximate surface area is 94.2 Å². The summed E-state index contributed by atoms with van der Waals surface area (Å²) in [5.41, 5.74) is 6.35. The van der Waals surface area contributed by atoms with Gasteiger partial charge in [0.1, 0.15) is 0 Å². The summed E-state index contributed by atoms with van der Waals surface area (Å²) in [4.78, 5) is 2.76. The van der Waals surface area contributed by atoms with Crippen LogP contribution in [0.3, 0.4) is 0 Å². The zero-order valence-electron chi connectivity index (χ0n) is 10.2. The number of piperidine rings is 1. The molecule has 1 atom stereocenters. The van der Waals surface area contributed by atoms with Gasteiger partial charge in [-0.1, -0.05) is 13.3 Å². The molecule has 1 aliphatic heterocycles. The van der Waals surface area contributed by atoms with Crippen LogP contribution >= 0.6 is 0 Å². The molecule has 0 amide bonds. The van der Waals surface area contributed by atoms with Crippen LogP contribution in [0.1, 0.15) is 51.9 Å². The maximum Gasteiger partial charge on any atom is 0.00928 e. The van der Waals surface area contributed by atoms with Crippen LogP contribution in [0.2, 0.25) is 0 Å². The lowest BCUT2D eigenvalue weighted by Crippen LogP contribution is -2.42. The molecule has 0 aromatic carbocycles. The molecule has 2 fully saturated rings. The molecule has 0 aromatic heterocycles. The number of hydrogen-bond acceptors (Lipinski definition) is 2. The molecule has 2 nitrogen and oxygen atoms in total. The molecule has 0 radical (unpaired) electrons. The molecule has 88 valence electrons. The molecule has 0 bridgehead atoms. The van der Waals surface area contributed by atoms with E-state index in [9.17, 15) is 0 Å². The van der Waals surface area contributed by atoms with E-state index in [1.807, 2.05) is 0 Å². The van der Waals surface area contributed by atoms with Crippen molar-refractivity contribution >= 4 is 0 Å². The van der Waals surface area contributed by atoms with Gasteiger partial charge >= 0.3 is 0 Å². The largest absolute Gasteiger partial charge is 0.330 e. The molecule has 2 rings (SSSR count). The molecule has 2 heteroatoms. The minimum Gasteiger partial charge on any atom is -0.330 e. The fraction of sp³-hybridized carbons (Fsp3) is 1.00. The van der Waals surface area contributed by atoms with Crippen LogP contribution in [0.25, 0.3) is 0 Å². The van der Waals surface area contributed by atoms with Crippen molar-refractivity contribution in [3.63, 3.8) is 0 Å². The topological polar surface area (TPSA) is 29.3 Å². The SMILES string of the molecule is CCC1CCCCN1CC1(CCN)CC1. The summed E-state index contributed by atoms with van der Waals surface area (Å²) in [7, 11) is 0. The van der Waals surface area contributed by atoms with Crippen LogP contribution < -0.4 is 5.73 Å². The normalized spacial score (nSPS) is 30.4. The molecule has 1 heterocycles. The highest BCUT2D eigenvalue weighted by Crippen LogP contribution is 2.49. The second-order valence-corrected chi connectivity index (χ2v) is 5.57. The first kappa shape index (κ1) is 11.4. The first-order valence-electron chi connectivity index (χ1n) is 6.74. The Hall–Kier alpha value is -0.0800. The molecule has 1 saturated carbocycles. The lowest BCUT2D eigenvalue weighted by Gasteiger charge is -2.37. The second kappa shape index (κ2) is 4.84. The van der Waals surface area contributed by atoms with Gasteiger partial charge in [-0.15, -0.1) is 0 Å². The van der Waals surface area contributed by atoms with Gasteiger partial charge in [0.2, 0.25) is 0 Å². The highest BCUT2D eigenvalue weighted by molar-refractivity contribution is 4.97. The molecule has 0 spiro atoms. The Bertz CT molecular complexity index is 199. The molecular formula is C13H26N2. The lowest BCUT2D eigenvalue weighted by molar-refractivity contribution is 0.113. The quantitative estimate of drug-likeness (QED) is 0.755. The number of nitrogens with two attached hydrogens (primary N) is 1. The van der Waals surface area contributed by atoms with Crippen molar-refractivity contribution in [3.05, 3.63) is 0 Å². The van der Waals surface area contributed by atoms with E-state index in [1.54, 1.807) is 0 Å². The Balaban J connectivity index is 1.86. The van der Waals surface area contributed by atoms with Crippen LogP contribution in [0, 0.1) is 5.41 Å². The van der Waals surface area contributed by atoms with Gasteiger partial charge in [-0.2, -0.15) is 0 Å². The van der Waals surface area contributed by atoms with E-state index < -0.39 is 0 Å². The van der Waals surface area contributed by atoms with Gasteiger partial charge < -0.3 is 5.73 Å². The van der Waals surface area contributed by atoms with Gasteiger partial charge in [-0.3, -0.25) is 4.90 Å². The van der Waals surface area contributed by atoms with Gasteiger partial charge in [0.25, 0.3) is 0 Å². The molecule has 1 unspecified atom stereocenters. The molecule has 1 aliphatic carbocycles. The standard InChI is InChI=1S/C13H26N2/c1-2-12-5-3-4-10-15(12)11-13(6-7-13)8-9-14/h12H,2-11,14H2,1H3. The van der Waals surface area contributed by atoms with Crippen molar-refractivity contribution in [1.82, 2.24) is 4.90 Å². The van der Waals surface area contributed by atoms with Crippen LogP contribution in [-0.2, 0) is 0 Å². The predicted octanol–water partition coefficient (Wildman–Crippen LogP) is 2.38. The Kier molecular flexibility index (Phi) is 3.68. The predicted molar refractivity (Wildman–Crippen MR) is 64.8 cm³/mol. The summed E-state index contributed by atoms with van der Waals surface area (Å²) in [6.07, 6.45) is 9.72. The molecule has 2 aliphatic rings. The van der Waals surface area contributed by atoms with E-state index in [1.165, 1.54) is 58.0 Å². The zero-order chi connectivity index (χ0) is 10.7. The van der Waals surface area contributed by atoms with Crippen LogP contribution in [0.5, 0.6) is 0 Å². The maximum atomic E-state index is 5.71. The number of rotatable bonds is 5. The minimum atomic E-state index is 0.638. The highest BCUT2D eigenvalue weighted by atomic mass is 15.2. The Morgan fingerprint density at radius 2 is 2.13 bits per heavy atom. The van der Waals surface area contributed by atoms with Crippen molar-refractivity contribution in [2.75, 3.05) is 19.6 Å². The van der Waals surface area contributed by atoms with Gasteiger partial charge in [0.05, 0.1) is 0 Å². The number of nitrogens with zero attached hydrogens (tertiary/aromatic N) is 1. The third kappa shape index (κ3) is 2.73. The van der Waals surface area contributed by atoms with Gasteiger partial charge in [-0.05, 0) is 57.0 Å². The first-order valence-corrected chi connectivity index (χ1v) is 6.74. The Morgan fingerprint density at radius 1 is 1.33 bits per heavy atom. The first-order chi connectivity index (χ1) is 7.29. The van der Waals surface area contributed by atoms with E-state index in [0.29, 0.717) is 5.41 Å². The summed E-state index contributed by atoms with van der Waals surface area (Å²) in [6.45, 7) is 5.89. The van der Waals surface area contributed by atoms with Crippen molar-refractivity contribution in [2.24, 2.45) is 11.1 Å². The Morgan fingerprint density at radius 3 is 2.73 bits per heavy atom. The molecular weight excluding hydrogens is 184 g/mol. The van der Waals surface area contributed by atoms with Crippen molar-refractivity contribution < 1.29 is 0 Å². The third-order valence-electron chi connectivity index (χ3n) is 4.39. The van der Waals surface area contributed by atoms with E-state index in [4.69, 9.17) is 5.73 Å². The van der Waals surface area contributed by atoms with E-state index in [-0.39, 0.29) is 0 Å². The highest BCUT2D eigenvalue weighted by Gasteiger charge is 2.43. The maximum absolute atomic E-state index is 5.71. The molecule has 0 aromatic rings. The second-order valence-electron chi connectivity index (χ2n) is 5.57. The minimum absolute atomic E-state index is 0.638. The lowest BCUT2D eigenvalue weighted by atomic mass is 9.95. The average molecular weight is 210 g/mol. The van der Waals surface area contributed by atoms with Crippen molar-refractivity contribution in [3.8, 4) is 0 Å². The summed E-state index contributed by atoms with van der Waals surface area (Å²) in [5, 5.41) is 0. The summed E-state index contributed by atoms with van der Waals surface area (Å²) in [6, 6.07) is 0.869. The van der Waals surface area contributed by atoms with Crippen LogP contribution in [0.15, 0.2) is 0 Å². The molecule has 2 N–H and O–H groups in total. The van der Waals surface area contributed by atoms with Crippen molar-refractivity contribution in [1.29, 1.82) is 0 Å².